The van der Waals surface area contributed by atoms with Gasteiger partial charge in [-0.05, 0) is 50.1 Å². The van der Waals surface area contributed by atoms with Crippen LogP contribution in [0.25, 0.3) is 11.0 Å². The van der Waals surface area contributed by atoms with Gasteiger partial charge >= 0.3 is 0 Å². The maximum Gasteiger partial charge on any atom is 0.247 e. The minimum Gasteiger partial charge on any atom is -0.459 e. The van der Waals surface area contributed by atoms with E-state index >= 15 is 0 Å². The largest absolute Gasteiger partial charge is 0.459 e. The van der Waals surface area contributed by atoms with Gasteiger partial charge in [-0.1, -0.05) is 36.9 Å². The zero-order valence-corrected chi connectivity index (χ0v) is 16.1. The van der Waals surface area contributed by atoms with Gasteiger partial charge in [-0.3, -0.25) is 9.59 Å². The number of fused-ring (bicyclic) bond motifs is 1. The maximum atomic E-state index is 12.4. The molecule has 0 saturated carbocycles. The van der Waals surface area contributed by atoms with Gasteiger partial charge in [0.15, 0.2) is 0 Å². The molecule has 2 N–H and O–H groups in total. The first-order valence-corrected chi connectivity index (χ1v) is 9.27. The lowest BCUT2D eigenvalue weighted by molar-refractivity contribution is -0.121. The highest BCUT2D eigenvalue weighted by atomic mass is 16.3. The fourth-order valence-corrected chi connectivity index (χ4v) is 3.19. The van der Waals surface area contributed by atoms with E-state index in [1.165, 1.54) is 6.08 Å². The maximum absolute atomic E-state index is 12.4. The molecule has 5 nitrogen and oxygen atoms in total. The number of aryl methyl sites for hydroxylation is 2. The first-order valence-electron chi connectivity index (χ1n) is 9.27. The van der Waals surface area contributed by atoms with Crippen molar-refractivity contribution < 1.29 is 14.0 Å². The van der Waals surface area contributed by atoms with Gasteiger partial charge in [-0.15, -0.1) is 0 Å². The highest BCUT2D eigenvalue weighted by Crippen LogP contribution is 2.29. The number of anilines is 1. The summed E-state index contributed by atoms with van der Waals surface area (Å²) in [5, 5.41) is 6.78. The Hall–Kier alpha value is -3.34. The number of furan rings is 1. The second-order valence-corrected chi connectivity index (χ2v) is 6.77. The number of amides is 2. The number of hydrogen-bond acceptors (Lipinski definition) is 3. The van der Waals surface area contributed by atoms with Gasteiger partial charge in [0.05, 0.1) is 6.04 Å². The van der Waals surface area contributed by atoms with Crippen LogP contribution < -0.4 is 10.6 Å². The third-order valence-corrected chi connectivity index (χ3v) is 4.70. The van der Waals surface area contributed by atoms with Crippen molar-refractivity contribution in [1.29, 1.82) is 0 Å². The number of nitrogens with one attached hydrogen (secondary N) is 2. The van der Waals surface area contributed by atoms with Crippen LogP contribution in [0.2, 0.25) is 0 Å². The molecule has 0 saturated heterocycles. The fourth-order valence-electron chi connectivity index (χ4n) is 3.19. The molecule has 144 valence electrons. The monoisotopic (exact) mass is 376 g/mol. The van der Waals surface area contributed by atoms with Gasteiger partial charge in [0, 0.05) is 23.1 Å². The van der Waals surface area contributed by atoms with E-state index in [9.17, 15) is 9.59 Å². The zero-order chi connectivity index (χ0) is 20.1. The highest BCUT2D eigenvalue weighted by Gasteiger charge is 2.18. The molecule has 1 aromatic heterocycles. The van der Waals surface area contributed by atoms with Gasteiger partial charge in [-0.25, -0.2) is 0 Å². The van der Waals surface area contributed by atoms with Crippen molar-refractivity contribution in [3.63, 3.8) is 0 Å². The molecule has 2 aromatic carbocycles. The third kappa shape index (κ3) is 4.49. The number of para-hydroxylation sites is 1. The summed E-state index contributed by atoms with van der Waals surface area (Å²) >= 11 is 0. The molecular weight excluding hydrogens is 352 g/mol. The molecule has 2 amide bonds. The average molecular weight is 376 g/mol. The van der Waals surface area contributed by atoms with Crippen molar-refractivity contribution in [2.45, 2.75) is 32.7 Å². The predicted molar refractivity (Wildman–Crippen MR) is 111 cm³/mol. The molecule has 0 bridgehead atoms. The van der Waals surface area contributed by atoms with E-state index in [-0.39, 0.29) is 17.9 Å². The van der Waals surface area contributed by atoms with E-state index < -0.39 is 0 Å². The van der Waals surface area contributed by atoms with E-state index in [0.717, 1.165) is 27.9 Å². The van der Waals surface area contributed by atoms with Crippen molar-refractivity contribution in [1.82, 2.24) is 5.32 Å². The van der Waals surface area contributed by atoms with Gasteiger partial charge in [0.25, 0.3) is 0 Å². The van der Waals surface area contributed by atoms with Gasteiger partial charge in [0.1, 0.15) is 11.3 Å². The van der Waals surface area contributed by atoms with E-state index in [1.807, 2.05) is 62.4 Å². The molecule has 0 aliphatic carbocycles. The quantitative estimate of drug-likeness (QED) is 0.588. The molecule has 0 radical (unpaired) electrons. The van der Waals surface area contributed by atoms with E-state index in [1.54, 1.807) is 0 Å². The van der Waals surface area contributed by atoms with E-state index in [2.05, 4.69) is 17.2 Å². The lowest BCUT2D eigenvalue weighted by Crippen LogP contribution is -2.26. The first kappa shape index (κ1) is 19.4. The number of hydrogen-bond donors (Lipinski definition) is 2. The third-order valence-electron chi connectivity index (χ3n) is 4.70. The van der Waals surface area contributed by atoms with Gasteiger partial charge < -0.3 is 15.1 Å². The lowest BCUT2D eigenvalue weighted by atomic mass is 10.1. The van der Waals surface area contributed by atoms with Crippen molar-refractivity contribution in [2.75, 3.05) is 5.32 Å². The Balaban J connectivity index is 1.55. The molecule has 5 heteroatoms. The van der Waals surface area contributed by atoms with Crippen molar-refractivity contribution in [3.05, 3.63) is 78.1 Å². The second-order valence-electron chi connectivity index (χ2n) is 6.77. The molecule has 0 fully saturated rings. The van der Waals surface area contributed by atoms with Gasteiger partial charge in [0.2, 0.25) is 11.8 Å². The minimum atomic E-state index is -0.248. The average Bonchev–Trinajstić information content (AvgIpc) is 3.04. The summed E-state index contributed by atoms with van der Waals surface area (Å²) in [4.78, 5) is 23.6. The molecule has 0 spiro atoms. The van der Waals surface area contributed by atoms with Crippen LogP contribution in [0.5, 0.6) is 0 Å². The van der Waals surface area contributed by atoms with E-state index in [0.29, 0.717) is 18.5 Å². The van der Waals surface area contributed by atoms with Crippen molar-refractivity contribution in [2.24, 2.45) is 0 Å². The van der Waals surface area contributed by atoms with Gasteiger partial charge in [-0.2, -0.15) is 0 Å². The standard InChI is InChI=1S/C23H24N2O3/c1-4-21(26)25-18-12-9-17(10-13-18)11-14-22(27)24-16(3)23-15(2)19-7-5-6-8-20(19)28-23/h4-10,12-13,16H,1,11,14H2,2-3H3,(H,24,27)(H,25,26). The Kier molecular flexibility index (Phi) is 5.94. The summed E-state index contributed by atoms with van der Waals surface area (Å²) in [6, 6.07) is 15.1. The summed E-state index contributed by atoms with van der Waals surface area (Å²) in [7, 11) is 0. The Morgan fingerprint density at radius 3 is 2.54 bits per heavy atom. The molecule has 3 aromatic rings. The molecule has 1 unspecified atom stereocenters. The molecule has 1 heterocycles. The smallest absolute Gasteiger partial charge is 0.247 e. The molecule has 28 heavy (non-hydrogen) atoms. The minimum absolute atomic E-state index is 0.0311. The SMILES string of the molecule is C=CC(=O)Nc1ccc(CCC(=O)NC(C)c2oc3ccccc3c2C)cc1. The highest BCUT2D eigenvalue weighted by molar-refractivity contribution is 5.98. The molecule has 0 aliphatic rings. The Bertz CT molecular complexity index is 1000. The second kappa shape index (κ2) is 8.57. The number of carbonyl (C=O) groups excluding carboxylic acids is 2. The summed E-state index contributed by atoms with van der Waals surface area (Å²) < 4.78 is 5.92. The topological polar surface area (TPSA) is 71.3 Å². The van der Waals surface area contributed by atoms with Crippen LogP contribution in [0.4, 0.5) is 5.69 Å². The lowest BCUT2D eigenvalue weighted by Gasteiger charge is -2.13. The van der Waals surface area contributed by atoms with Crippen molar-refractivity contribution in [3.8, 4) is 0 Å². The molecule has 3 rings (SSSR count). The fraction of sp³-hybridized carbons (Fsp3) is 0.217. The zero-order valence-electron chi connectivity index (χ0n) is 16.1. The summed E-state index contributed by atoms with van der Waals surface area (Å²) in [6.45, 7) is 7.36. The van der Waals surface area contributed by atoms with Crippen LogP contribution in [-0.2, 0) is 16.0 Å². The predicted octanol–water partition coefficient (Wildman–Crippen LogP) is 4.68. The van der Waals surface area contributed by atoms with Crippen LogP contribution in [0.3, 0.4) is 0 Å². The first-order chi connectivity index (χ1) is 13.5. The Labute approximate surface area is 164 Å². The summed E-state index contributed by atoms with van der Waals surface area (Å²) in [5.41, 5.74) is 3.62. The molecule has 1 atom stereocenters. The van der Waals surface area contributed by atoms with Crippen LogP contribution in [0.15, 0.2) is 65.6 Å². The summed E-state index contributed by atoms with van der Waals surface area (Å²) in [5.74, 6) is 0.509. The normalized spacial score (nSPS) is 11.8. The molecule has 0 aliphatic heterocycles. The van der Waals surface area contributed by atoms with Crippen molar-refractivity contribution >= 4 is 28.5 Å². The number of benzene rings is 2. The molecular formula is C23H24N2O3. The summed E-state index contributed by atoms with van der Waals surface area (Å²) in [6.07, 6.45) is 2.22. The number of rotatable bonds is 7. The van der Waals surface area contributed by atoms with Crippen LogP contribution in [0.1, 0.15) is 36.3 Å². The van der Waals surface area contributed by atoms with E-state index in [4.69, 9.17) is 4.42 Å². The van der Waals surface area contributed by atoms with Crippen LogP contribution in [0, 0.1) is 6.92 Å². The number of carbonyl (C=O) groups is 2. The Morgan fingerprint density at radius 1 is 1.14 bits per heavy atom. The van der Waals surface area contributed by atoms with Crippen LogP contribution in [-0.4, -0.2) is 11.8 Å². The van der Waals surface area contributed by atoms with Crippen LogP contribution >= 0.6 is 0 Å². The Morgan fingerprint density at radius 2 is 1.86 bits per heavy atom.